The predicted molar refractivity (Wildman–Crippen MR) is 55.5 cm³/mol. The molecule has 0 fully saturated rings. The van der Waals surface area contributed by atoms with Crippen LogP contribution in [-0.4, -0.2) is 27.2 Å². The molecule has 0 saturated carbocycles. The fraction of sp³-hybridized carbons (Fsp3) is 0.889. The SMILES string of the molecule is CCC(=O)C(F)(F)C(CC(C)C)P(=O)(O)O. The normalized spacial score (nSPS) is 15.2. The van der Waals surface area contributed by atoms with Gasteiger partial charge in [0.25, 0.3) is 0 Å². The van der Waals surface area contributed by atoms with Gasteiger partial charge in [0.2, 0.25) is 5.78 Å². The zero-order valence-corrected chi connectivity index (χ0v) is 10.4. The van der Waals surface area contributed by atoms with Crippen molar-refractivity contribution >= 4 is 13.4 Å². The molecule has 0 aliphatic rings. The van der Waals surface area contributed by atoms with Crippen LogP contribution >= 0.6 is 7.60 Å². The lowest BCUT2D eigenvalue weighted by Gasteiger charge is -2.27. The molecule has 0 aliphatic carbocycles. The minimum Gasteiger partial charge on any atom is -0.324 e. The van der Waals surface area contributed by atoms with Gasteiger partial charge in [0.1, 0.15) is 5.66 Å². The van der Waals surface area contributed by atoms with Crippen molar-refractivity contribution in [3.63, 3.8) is 0 Å². The first-order valence-electron chi connectivity index (χ1n) is 4.99. The minimum atomic E-state index is -4.99. The topological polar surface area (TPSA) is 74.6 Å². The average Bonchev–Trinajstić information content (AvgIpc) is 2.10. The van der Waals surface area contributed by atoms with E-state index in [-0.39, 0.29) is 12.3 Å². The van der Waals surface area contributed by atoms with Crippen molar-refractivity contribution in [3.05, 3.63) is 0 Å². The van der Waals surface area contributed by atoms with Crippen LogP contribution in [0.5, 0.6) is 0 Å². The van der Waals surface area contributed by atoms with E-state index in [2.05, 4.69) is 0 Å². The number of halogens is 2. The molecule has 0 bridgehead atoms. The van der Waals surface area contributed by atoms with E-state index in [0.717, 1.165) is 0 Å². The molecule has 4 nitrogen and oxygen atoms in total. The largest absolute Gasteiger partial charge is 0.335 e. The zero-order valence-electron chi connectivity index (χ0n) is 9.48. The van der Waals surface area contributed by atoms with E-state index in [1.165, 1.54) is 6.92 Å². The van der Waals surface area contributed by atoms with Gasteiger partial charge in [0.15, 0.2) is 0 Å². The van der Waals surface area contributed by atoms with Gasteiger partial charge in [-0.25, -0.2) is 0 Å². The number of carbonyl (C=O) groups is 1. The summed E-state index contributed by atoms with van der Waals surface area (Å²) in [5.74, 6) is -5.72. The van der Waals surface area contributed by atoms with Crippen molar-refractivity contribution in [3.8, 4) is 0 Å². The molecule has 0 amide bonds. The second kappa shape index (κ2) is 5.34. The molecule has 1 unspecified atom stereocenters. The molecule has 96 valence electrons. The van der Waals surface area contributed by atoms with Crippen LogP contribution < -0.4 is 0 Å². The maximum atomic E-state index is 13.5. The molecule has 0 aromatic heterocycles. The van der Waals surface area contributed by atoms with Gasteiger partial charge in [-0.3, -0.25) is 9.36 Å². The van der Waals surface area contributed by atoms with E-state index in [1.807, 2.05) is 0 Å². The summed E-state index contributed by atoms with van der Waals surface area (Å²) in [6.07, 6.45) is -0.829. The van der Waals surface area contributed by atoms with Gasteiger partial charge in [-0.1, -0.05) is 20.8 Å². The van der Waals surface area contributed by atoms with E-state index in [4.69, 9.17) is 9.79 Å². The highest BCUT2D eigenvalue weighted by atomic mass is 31.2. The van der Waals surface area contributed by atoms with E-state index in [1.54, 1.807) is 13.8 Å². The summed E-state index contributed by atoms with van der Waals surface area (Å²) in [4.78, 5) is 28.8. The van der Waals surface area contributed by atoms with Crippen molar-refractivity contribution in [2.45, 2.75) is 45.2 Å². The van der Waals surface area contributed by atoms with Gasteiger partial charge in [0, 0.05) is 6.42 Å². The van der Waals surface area contributed by atoms with Crippen molar-refractivity contribution in [1.29, 1.82) is 0 Å². The summed E-state index contributed by atoms with van der Waals surface area (Å²) >= 11 is 0. The molecule has 0 spiro atoms. The first-order chi connectivity index (χ1) is 7.03. The Hall–Kier alpha value is -0.320. The Morgan fingerprint density at radius 2 is 1.81 bits per heavy atom. The van der Waals surface area contributed by atoms with Gasteiger partial charge in [-0.05, 0) is 12.3 Å². The van der Waals surface area contributed by atoms with Gasteiger partial charge in [-0.2, -0.15) is 8.78 Å². The molecule has 16 heavy (non-hydrogen) atoms. The molecule has 0 radical (unpaired) electrons. The monoisotopic (exact) mass is 258 g/mol. The molecule has 0 saturated heterocycles. The van der Waals surface area contributed by atoms with Crippen molar-refractivity contribution in [2.24, 2.45) is 5.92 Å². The summed E-state index contributed by atoms with van der Waals surface area (Å²) in [6, 6.07) is 0. The van der Waals surface area contributed by atoms with E-state index >= 15 is 0 Å². The van der Waals surface area contributed by atoms with Crippen LogP contribution in [0.15, 0.2) is 0 Å². The molecule has 2 N–H and O–H groups in total. The molecule has 7 heteroatoms. The molecule has 0 rings (SSSR count). The van der Waals surface area contributed by atoms with Crippen molar-refractivity contribution in [2.75, 3.05) is 0 Å². The quantitative estimate of drug-likeness (QED) is 0.716. The average molecular weight is 258 g/mol. The molecule has 0 heterocycles. The third kappa shape index (κ3) is 3.92. The van der Waals surface area contributed by atoms with E-state index in [0.29, 0.717) is 0 Å². The Labute approximate surface area is 93.2 Å². The zero-order chi connectivity index (χ0) is 13.1. The van der Waals surface area contributed by atoms with Crippen LogP contribution in [0.3, 0.4) is 0 Å². The van der Waals surface area contributed by atoms with Crippen molar-refractivity contribution < 1.29 is 27.9 Å². The lowest BCUT2D eigenvalue weighted by atomic mass is 10.00. The third-order valence-corrected chi connectivity index (χ3v) is 3.56. The Bertz CT molecular complexity index is 298. The summed E-state index contributed by atoms with van der Waals surface area (Å²) in [5, 5.41) is 0. The van der Waals surface area contributed by atoms with Crippen molar-refractivity contribution in [1.82, 2.24) is 0 Å². The number of hydrogen-bond donors (Lipinski definition) is 2. The van der Waals surface area contributed by atoms with Gasteiger partial charge in [-0.15, -0.1) is 0 Å². The Balaban J connectivity index is 5.18. The van der Waals surface area contributed by atoms with Gasteiger partial charge in [0.05, 0.1) is 0 Å². The maximum Gasteiger partial charge on any atom is 0.335 e. The summed E-state index contributed by atoms with van der Waals surface area (Å²) in [7, 11) is -4.99. The van der Waals surface area contributed by atoms with Crippen LogP contribution in [0.2, 0.25) is 0 Å². The first-order valence-corrected chi connectivity index (χ1v) is 6.67. The number of ketones is 1. The Morgan fingerprint density at radius 3 is 2.06 bits per heavy atom. The van der Waals surface area contributed by atoms with E-state index in [9.17, 15) is 18.1 Å². The van der Waals surface area contributed by atoms with E-state index < -0.39 is 31.4 Å². The maximum absolute atomic E-state index is 13.5. The summed E-state index contributed by atoms with van der Waals surface area (Å²) in [6.45, 7) is 4.37. The second-order valence-corrected chi connectivity index (χ2v) is 5.94. The highest BCUT2D eigenvalue weighted by Gasteiger charge is 2.54. The van der Waals surface area contributed by atoms with Crippen LogP contribution in [-0.2, 0) is 9.36 Å². The number of rotatable bonds is 6. The fourth-order valence-corrected chi connectivity index (χ4v) is 2.63. The Morgan fingerprint density at radius 1 is 1.38 bits per heavy atom. The summed E-state index contributed by atoms with van der Waals surface area (Å²) < 4.78 is 38.0. The fourth-order valence-electron chi connectivity index (χ4n) is 1.36. The highest BCUT2D eigenvalue weighted by Crippen LogP contribution is 2.51. The highest BCUT2D eigenvalue weighted by molar-refractivity contribution is 7.52. The van der Waals surface area contributed by atoms with Gasteiger partial charge >= 0.3 is 13.5 Å². The van der Waals surface area contributed by atoms with Crippen LogP contribution in [0.1, 0.15) is 33.6 Å². The number of Topliss-reactive ketones (excluding diaryl/α,β-unsaturated/α-hetero) is 1. The lowest BCUT2D eigenvalue weighted by Crippen LogP contribution is -2.41. The predicted octanol–water partition coefficient (Wildman–Crippen LogP) is 2.19. The number of hydrogen-bond acceptors (Lipinski definition) is 2. The standard InChI is InChI=1S/C9H17F2O4P/c1-4-7(12)9(10,11)8(5-6(2)3)16(13,14)15/h6,8H,4-5H2,1-3H3,(H2,13,14,15). The second-order valence-electron chi connectivity index (χ2n) is 4.13. The third-order valence-electron chi connectivity index (χ3n) is 2.21. The van der Waals surface area contributed by atoms with Gasteiger partial charge < -0.3 is 9.79 Å². The van der Waals surface area contributed by atoms with Crippen LogP contribution in [0.4, 0.5) is 8.78 Å². The first kappa shape index (κ1) is 15.7. The lowest BCUT2D eigenvalue weighted by molar-refractivity contribution is -0.144. The molecule has 0 aliphatic heterocycles. The number of carbonyl (C=O) groups excluding carboxylic acids is 1. The minimum absolute atomic E-state index is 0.326. The molecule has 1 atom stereocenters. The molecular formula is C9H17F2O4P. The van der Waals surface area contributed by atoms with Crippen LogP contribution in [0, 0.1) is 5.92 Å². The van der Waals surface area contributed by atoms with Crippen LogP contribution in [0.25, 0.3) is 0 Å². The molecule has 0 aromatic rings. The Kier molecular flexibility index (Phi) is 5.23. The molecular weight excluding hydrogens is 241 g/mol. The number of alkyl halides is 2. The smallest absolute Gasteiger partial charge is 0.324 e. The summed E-state index contributed by atoms with van der Waals surface area (Å²) in [5.41, 5.74) is -2.22. The molecule has 0 aromatic carbocycles.